The van der Waals surface area contributed by atoms with Crippen molar-refractivity contribution in [2.75, 3.05) is 16.5 Å². The Morgan fingerprint density at radius 3 is 1.73 bits per heavy atom. The molecular weight excluding hydrogens is 805 g/mol. The molecule has 0 saturated carbocycles. The van der Waals surface area contributed by atoms with E-state index in [0.29, 0.717) is 6.67 Å². The molecule has 9 rings (SSSR count). The van der Waals surface area contributed by atoms with Gasteiger partial charge in [0.15, 0.2) is 0 Å². The molecule has 0 fully saturated rings. The molecule has 6 aromatic carbocycles. The van der Waals surface area contributed by atoms with Gasteiger partial charge in [0.2, 0.25) is 0 Å². The van der Waals surface area contributed by atoms with Gasteiger partial charge in [0, 0.05) is 45.9 Å². The van der Waals surface area contributed by atoms with E-state index in [2.05, 4.69) is 251 Å². The van der Waals surface area contributed by atoms with Crippen molar-refractivity contribution in [3.63, 3.8) is 0 Å². The number of hydrogen-bond acceptors (Lipinski definition) is 4. The van der Waals surface area contributed by atoms with Crippen LogP contribution in [-0.4, -0.2) is 16.2 Å². The first kappa shape index (κ1) is 44.9. The van der Waals surface area contributed by atoms with Crippen molar-refractivity contribution in [2.45, 2.75) is 124 Å². The van der Waals surface area contributed by atoms with Crippen molar-refractivity contribution >= 4 is 44.6 Å². The summed E-state index contributed by atoms with van der Waals surface area (Å²) in [5.41, 5.74) is 14.1. The third kappa shape index (κ3) is 8.27. The molecule has 0 bridgehead atoms. The number of rotatable bonds is 7. The first-order valence-electron chi connectivity index (χ1n) is 23.7. The fourth-order valence-corrected chi connectivity index (χ4v) is 9.54. The summed E-state index contributed by atoms with van der Waals surface area (Å²) in [6.07, 6.45) is 1.95. The molecule has 0 spiro atoms. The molecule has 0 amide bonds. The van der Waals surface area contributed by atoms with Crippen LogP contribution in [0.1, 0.15) is 130 Å². The van der Waals surface area contributed by atoms with Gasteiger partial charge in [-0.25, -0.2) is 4.98 Å². The minimum atomic E-state index is -0.359. The van der Waals surface area contributed by atoms with Crippen LogP contribution in [0.2, 0.25) is 0 Å². The van der Waals surface area contributed by atoms with Gasteiger partial charge in [-0.3, -0.25) is 4.57 Å². The van der Waals surface area contributed by atoms with Crippen LogP contribution in [0.5, 0.6) is 11.5 Å². The monoisotopic (exact) mass is 873 g/mol. The SMILES string of the molecule is CC(C)(C)c1cc(N2CN(c3cccc(Oc4cc(C(C)(C)c5ccccc5)c5c6ccccc6n(-c6cc(C(C)(C)C)ccn6)c5c4)c3)c3ccc(C(C)(C)C)cc32)cc(C(C)(C)C)c1. The first-order valence-corrected chi connectivity index (χ1v) is 23.7. The average molecular weight is 873 g/mol. The van der Waals surface area contributed by atoms with Crippen LogP contribution in [-0.2, 0) is 27.1 Å². The minimum absolute atomic E-state index is 0.00209. The summed E-state index contributed by atoms with van der Waals surface area (Å²) >= 11 is 0. The fourth-order valence-electron chi connectivity index (χ4n) is 9.54. The smallest absolute Gasteiger partial charge is 0.137 e. The highest BCUT2D eigenvalue weighted by Gasteiger charge is 2.33. The van der Waals surface area contributed by atoms with Crippen LogP contribution in [0.25, 0.3) is 27.6 Å². The second-order valence-electron chi connectivity index (χ2n) is 23.2. The molecule has 66 heavy (non-hydrogen) atoms. The summed E-state index contributed by atoms with van der Waals surface area (Å²) in [6.45, 7) is 32.9. The Labute approximate surface area is 394 Å². The van der Waals surface area contributed by atoms with Gasteiger partial charge in [-0.1, -0.05) is 164 Å². The van der Waals surface area contributed by atoms with Crippen molar-refractivity contribution in [1.29, 1.82) is 0 Å². The molecule has 338 valence electrons. The van der Waals surface area contributed by atoms with Gasteiger partial charge < -0.3 is 14.5 Å². The van der Waals surface area contributed by atoms with E-state index in [1.54, 1.807) is 0 Å². The van der Waals surface area contributed by atoms with E-state index >= 15 is 0 Å². The summed E-state index contributed by atoms with van der Waals surface area (Å²) in [4.78, 5) is 9.97. The molecule has 5 nitrogen and oxygen atoms in total. The second kappa shape index (κ2) is 15.9. The van der Waals surface area contributed by atoms with Gasteiger partial charge in [0.1, 0.15) is 24.0 Å². The third-order valence-electron chi connectivity index (χ3n) is 13.8. The first-order chi connectivity index (χ1) is 31.0. The highest BCUT2D eigenvalue weighted by Crippen LogP contribution is 2.49. The van der Waals surface area contributed by atoms with E-state index in [1.165, 1.54) is 61.2 Å². The van der Waals surface area contributed by atoms with Gasteiger partial charge in [-0.2, -0.15) is 0 Å². The molecule has 8 aromatic rings. The summed E-state index contributed by atoms with van der Waals surface area (Å²) in [5, 5.41) is 2.40. The standard InChI is InChI=1S/C61H68N4O/c1-57(2,3)41-27-28-52-53(34-41)64(46-32-43(59(7,8)9)31-44(33-46)60(10,11)12)39-63(52)45-23-20-24-47(36-45)66-48-37-50(61(13,14)40-21-16-15-17-22-40)56-49-25-18-19-26-51(49)65(54(56)38-48)55-35-42(29-30-62-55)58(4,5)6/h15-38H,39H2,1-14H3. The number of pyridine rings is 1. The zero-order valence-electron chi connectivity index (χ0n) is 41.8. The second-order valence-corrected chi connectivity index (χ2v) is 23.2. The average Bonchev–Trinajstić information content (AvgIpc) is 3.81. The molecule has 1 aliphatic heterocycles. The van der Waals surface area contributed by atoms with Gasteiger partial charge in [0.05, 0.1) is 22.4 Å². The van der Waals surface area contributed by atoms with Crippen LogP contribution < -0.4 is 14.5 Å². The molecule has 3 heterocycles. The van der Waals surface area contributed by atoms with E-state index in [9.17, 15) is 0 Å². The van der Waals surface area contributed by atoms with Crippen molar-refractivity contribution < 1.29 is 4.74 Å². The Bertz CT molecular complexity index is 3080. The summed E-state index contributed by atoms with van der Waals surface area (Å²) in [5.74, 6) is 2.45. The lowest BCUT2D eigenvalue weighted by Crippen LogP contribution is -2.25. The molecule has 5 heteroatoms. The maximum atomic E-state index is 7.12. The van der Waals surface area contributed by atoms with Gasteiger partial charge in [0.25, 0.3) is 0 Å². The number of hydrogen-bond donors (Lipinski definition) is 0. The zero-order chi connectivity index (χ0) is 47.1. The molecule has 0 radical (unpaired) electrons. The van der Waals surface area contributed by atoms with Crippen molar-refractivity contribution in [1.82, 2.24) is 9.55 Å². The lowest BCUT2D eigenvalue weighted by molar-refractivity contribution is 0.481. The zero-order valence-corrected chi connectivity index (χ0v) is 41.8. The number of anilines is 4. The van der Waals surface area contributed by atoms with Crippen molar-refractivity contribution in [3.8, 4) is 17.3 Å². The van der Waals surface area contributed by atoms with Crippen LogP contribution in [0, 0.1) is 0 Å². The fraction of sp³-hybridized carbons (Fsp3) is 0.328. The lowest BCUT2D eigenvalue weighted by Gasteiger charge is -2.29. The van der Waals surface area contributed by atoms with E-state index in [0.717, 1.165) is 34.0 Å². The lowest BCUT2D eigenvalue weighted by atomic mass is 9.76. The van der Waals surface area contributed by atoms with Crippen LogP contribution in [0.4, 0.5) is 22.7 Å². The highest BCUT2D eigenvalue weighted by molar-refractivity contribution is 6.12. The van der Waals surface area contributed by atoms with E-state index < -0.39 is 0 Å². The number of ether oxygens (including phenoxy) is 1. The number of para-hydroxylation sites is 1. The Balaban J connectivity index is 1.19. The van der Waals surface area contributed by atoms with E-state index in [1.807, 2.05) is 6.20 Å². The summed E-state index contributed by atoms with van der Waals surface area (Å²) < 4.78 is 9.45. The van der Waals surface area contributed by atoms with Crippen LogP contribution in [0.3, 0.4) is 0 Å². The predicted octanol–water partition coefficient (Wildman–Crippen LogP) is 16.7. The van der Waals surface area contributed by atoms with Crippen LogP contribution in [0.15, 0.2) is 146 Å². The predicted molar refractivity (Wildman–Crippen MR) is 280 cm³/mol. The highest BCUT2D eigenvalue weighted by atomic mass is 16.5. The molecular formula is C61H68N4O. The van der Waals surface area contributed by atoms with Gasteiger partial charge in [-0.05, 0) is 116 Å². The van der Waals surface area contributed by atoms with E-state index in [4.69, 9.17) is 9.72 Å². The quantitative estimate of drug-likeness (QED) is 0.160. The Morgan fingerprint density at radius 1 is 0.439 bits per heavy atom. The Morgan fingerprint density at radius 2 is 1.06 bits per heavy atom. The minimum Gasteiger partial charge on any atom is -0.457 e. The maximum Gasteiger partial charge on any atom is 0.137 e. The molecule has 1 aliphatic rings. The molecule has 0 atom stereocenters. The third-order valence-corrected chi connectivity index (χ3v) is 13.8. The topological polar surface area (TPSA) is 33.5 Å². The number of nitrogens with zero attached hydrogens (tertiary/aromatic N) is 4. The molecule has 0 aliphatic carbocycles. The Hall–Kier alpha value is -6.33. The van der Waals surface area contributed by atoms with Crippen LogP contribution >= 0.6 is 0 Å². The molecule has 0 saturated heterocycles. The van der Waals surface area contributed by atoms with Gasteiger partial charge >= 0.3 is 0 Å². The summed E-state index contributed by atoms with van der Waals surface area (Å²) in [6, 6.07) is 51.3. The Kier molecular flexibility index (Phi) is 10.8. The number of benzene rings is 6. The largest absolute Gasteiger partial charge is 0.457 e. The normalized spacial score (nSPS) is 13.8. The molecule has 0 unspecified atom stereocenters. The molecule has 2 aromatic heterocycles. The number of aromatic nitrogens is 2. The molecule has 0 N–H and O–H groups in total. The maximum absolute atomic E-state index is 7.12. The van der Waals surface area contributed by atoms with E-state index in [-0.39, 0.29) is 27.1 Å². The number of fused-ring (bicyclic) bond motifs is 4. The van der Waals surface area contributed by atoms with Crippen molar-refractivity contribution in [2.24, 2.45) is 0 Å². The summed E-state index contributed by atoms with van der Waals surface area (Å²) in [7, 11) is 0. The van der Waals surface area contributed by atoms with Crippen molar-refractivity contribution in [3.05, 3.63) is 179 Å². The van der Waals surface area contributed by atoms with Gasteiger partial charge in [-0.15, -0.1) is 0 Å².